The van der Waals surface area contributed by atoms with Crippen molar-refractivity contribution in [3.8, 4) is 0 Å². The molecule has 132 valence electrons. The van der Waals surface area contributed by atoms with E-state index < -0.39 is 11.7 Å². The van der Waals surface area contributed by atoms with Crippen LogP contribution in [0.3, 0.4) is 0 Å². The Labute approximate surface area is 148 Å². The van der Waals surface area contributed by atoms with Crippen molar-refractivity contribution in [2.24, 2.45) is 0 Å². The lowest BCUT2D eigenvalue weighted by molar-refractivity contribution is -0.120. The highest BCUT2D eigenvalue weighted by atomic mass is 16.6. The van der Waals surface area contributed by atoms with Crippen LogP contribution in [0.15, 0.2) is 60.7 Å². The fourth-order valence-electron chi connectivity index (χ4n) is 2.33. The van der Waals surface area contributed by atoms with Crippen LogP contribution in [-0.2, 0) is 9.53 Å². The van der Waals surface area contributed by atoms with E-state index in [4.69, 9.17) is 4.74 Å². The highest BCUT2D eigenvalue weighted by molar-refractivity contribution is 5.82. The molecule has 2 rings (SSSR count). The molecule has 2 amide bonds. The van der Waals surface area contributed by atoms with Crippen molar-refractivity contribution >= 4 is 12.0 Å². The van der Waals surface area contributed by atoms with Gasteiger partial charge in [0.15, 0.2) is 0 Å². The largest absolute Gasteiger partial charge is 0.444 e. The first kappa shape index (κ1) is 18.5. The Hall–Kier alpha value is -2.82. The smallest absolute Gasteiger partial charge is 0.408 e. The number of benzene rings is 2. The molecule has 0 atom stereocenters. The van der Waals surface area contributed by atoms with Crippen molar-refractivity contribution in [1.29, 1.82) is 0 Å². The van der Waals surface area contributed by atoms with Crippen LogP contribution >= 0.6 is 0 Å². The van der Waals surface area contributed by atoms with Gasteiger partial charge in [0.2, 0.25) is 5.91 Å². The number of ether oxygens (including phenoxy) is 1. The summed E-state index contributed by atoms with van der Waals surface area (Å²) in [6, 6.07) is 19.1. The minimum absolute atomic E-state index is 0.148. The van der Waals surface area contributed by atoms with E-state index in [0.717, 1.165) is 11.1 Å². The van der Waals surface area contributed by atoms with E-state index in [1.54, 1.807) is 20.8 Å². The topological polar surface area (TPSA) is 67.4 Å². The first-order valence-electron chi connectivity index (χ1n) is 8.21. The SMILES string of the molecule is CC(C)(C)OC(=O)NCC(=O)NC(c1ccccc1)c1ccccc1. The molecule has 0 aromatic heterocycles. The molecule has 25 heavy (non-hydrogen) atoms. The standard InChI is InChI=1S/C20H24N2O3/c1-20(2,3)25-19(24)21-14-17(23)22-18(15-10-6-4-7-11-15)16-12-8-5-9-13-16/h4-13,18H,14H2,1-3H3,(H,21,24)(H,22,23). The number of rotatable bonds is 5. The Morgan fingerprint density at radius 1 is 0.920 bits per heavy atom. The molecule has 0 unspecified atom stereocenters. The number of hydrogen-bond donors (Lipinski definition) is 2. The number of amides is 2. The first-order valence-corrected chi connectivity index (χ1v) is 8.21. The number of alkyl carbamates (subject to hydrolysis) is 1. The van der Waals surface area contributed by atoms with Crippen molar-refractivity contribution in [3.05, 3.63) is 71.8 Å². The molecule has 0 fully saturated rings. The summed E-state index contributed by atoms with van der Waals surface area (Å²) in [5, 5.41) is 5.43. The van der Waals surface area contributed by atoms with Gasteiger partial charge in [-0.05, 0) is 31.9 Å². The second kappa shape index (κ2) is 8.33. The molecular weight excluding hydrogens is 316 g/mol. The number of nitrogens with one attached hydrogen (secondary N) is 2. The molecule has 2 aromatic rings. The van der Waals surface area contributed by atoms with Crippen LogP contribution in [0.25, 0.3) is 0 Å². The zero-order valence-electron chi connectivity index (χ0n) is 14.8. The Balaban J connectivity index is 2.02. The molecule has 0 spiro atoms. The van der Waals surface area contributed by atoms with Crippen molar-refractivity contribution in [2.75, 3.05) is 6.54 Å². The van der Waals surface area contributed by atoms with E-state index in [-0.39, 0.29) is 18.5 Å². The predicted molar refractivity (Wildman–Crippen MR) is 97.1 cm³/mol. The normalized spacial score (nSPS) is 11.0. The molecule has 5 heteroatoms. The van der Waals surface area contributed by atoms with Crippen LogP contribution in [0.1, 0.15) is 37.9 Å². The maximum absolute atomic E-state index is 12.3. The predicted octanol–water partition coefficient (Wildman–Crippen LogP) is 3.42. The van der Waals surface area contributed by atoms with Gasteiger partial charge in [-0.1, -0.05) is 60.7 Å². The van der Waals surface area contributed by atoms with E-state index >= 15 is 0 Å². The number of carbonyl (C=O) groups excluding carboxylic acids is 2. The summed E-state index contributed by atoms with van der Waals surface area (Å²) in [6.07, 6.45) is -0.612. The lowest BCUT2D eigenvalue weighted by atomic mass is 9.99. The summed E-state index contributed by atoms with van der Waals surface area (Å²) in [6.45, 7) is 5.17. The van der Waals surface area contributed by atoms with Crippen LogP contribution in [0, 0.1) is 0 Å². The molecule has 0 aliphatic rings. The van der Waals surface area contributed by atoms with Gasteiger partial charge in [-0.2, -0.15) is 0 Å². The summed E-state index contributed by atoms with van der Waals surface area (Å²) in [4.78, 5) is 24.0. The quantitative estimate of drug-likeness (QED) is 0.876. The molecule has 0 saturated carbocycles. The molecule has 2 N–H and O–H groups in total. The van der Waals surface area contributed by atoms with Gasteiger partial charge in [0.25, 0.3) is 0 Å². The maximum Gasteiger partial charge on any atom is 0.408 e. The lowest BCUT2D eigenvalue weighted by Crippen LogP contribution is -2.41. The van der Waals surface area contributed by atoms with Gasteiger partial charge in [-0.25, -0.2) is 4.79 Å². The highest BCUT2D eigenvalue weighted by Crippen LogP contribution is 2.21. The molecule has 0 radical (unpaired) electrons. The number of carbonyl (C=O) groups is 2. The minimum Gasteiger partial charge on any atom is -0.444 e. The van der Waals surface area contributed by atoms with Gasteiger partial charge >= 0.3 is 6.09 Å². The van der Waals surface area contributed by atoms with E-state index in [0.29, 0.717) is 0 Å². The molecule has 0 bridgehead atoms. The monoisotopic (exact) mass is 340 g/mol. The zero-order chi connectivity index (χ0) is 18.3. The fraction of sp³-hybridized carbons (Fsp3) is 0.300. The Morgan fingerprint density at radius 3 is 1.84 bits per heavy atom. The van der Waals surface area contributed by atoms with Crippen LogP contribution in [0.2, 0.25) is 0 Å². The Morgan fingerprint density at radius 2 is 1.40 bits per heavy atom. The van der Waals surface area contributed by atoms with Gasteiger partial charge in [-0.15, -0.1) is 0 Å². The van der Waals surface area contributed by atoms with Gasteiger partial charge in [0.05, 0.1) is 6.04 Å². The van der Waals surface area contributed by atoms with E-state index in [1.165, 1.54) is 0 Å². The van der Waals surface area contributed by atoms with E-state index in [2.05, 4.69) is 10.6 Å². The van der Waals surface area contributed by atoms with E-state index in [9.17, 15) is 9.59 Å². The molecule has 0 aliphatic carbocycles. The average Bonchev–Trinajstić information content (AvgIpc) is 2.58. The molecule has 0 aliphatic heterocycles. The first-order chi connectivity index (χ1) is 11.8. The van der Waals surface area contributed by atoms with E-state index in [1.807, 2.05) is 60.7 Å². The van der Waals surface area contributed by atoms with Crippen molar-refractivity contribution in [3.63, 3.8) is 0 Å². The third-order valence-electron chi connectivity index (χ3n) is 3.36. The van der Waals surface area contributed by atoms with Crippen LogP contribution in [-0.4, -0.2) is 24.1 Å². The molecular formula is C20H24N2O3. The van der Waals surface area contributed by atoms with Gasteiger partial charge in [0.1, 0.15) is 12.1 Å². The van der Waals surface area contributed by atoms with Crippen molar-refractivity contribution < 1.29 is 14.3 Å². The van der Waals surface area contributed by atoms with Crippen LogP contribution in [0.4, 0.5) is 4.79 Å². The summed E-state index contributed by atoms with van der Waals surface area (Å²) >= 11 is 0. The summed E-state index contributed by atoms with van der Waals surface area (Å²) in [7, 11) is 0. The zero-order valence-corrected chi connectivity index (χ0v) is 14.8. The van der Waals surface area contributed by atoms with Gasteiger partial charge in [-0.3, -0.25) is 4.79 Å². The molecule has 2 aromatic carbocycles. The van der Waals surface area contributed by atoms with Gasteiger partial charge < -0.3 is 15.4 Å². The minimum atomic E-state index is -0.612. The van der Waals surface area contributed by atoms with Crippen LogP contribution in [0.5, 0.6) is 0 Å². The third-order valence-corrected chi connectivity index (χ3v) is 3.36. The second-order valence-electron chi connectivity index (χ2n) is 6.68. The Bertz CT molecular complexity index is 654. The summed E-state index contributed by atoms with van der Waals surface area (Å²) < 4.78 is 5.13. The maximum atomic E-state index is 12.3. The highest BCUT2D eigenvalue weighted by Gasteiger charge is 2.19. The summed E-state index contributed by atoms with van der Waals surface area (Å²) in [5.41, 5.74) is 1.34. The number of hydrogen-bond acceptors (Lipinski definition) is 3. The molecule has 5 nitrogen and oxygen atoms in total. The third kappa shape index (κ3) is 6.30. The molecule has 0 heterocycles. The van der Waals surface area contributed by atoms with Gasteiger partial charge in [0, 0.05) is 0 Å². The molecule has 0 saturated heterocycles. The lowest BCUT2D eigenvalue weighted by Gasteiger charge is -2.21. The van der Waals surface area contributed by atoms with Crippen LogP contribution < -0.4 is 10.6 Å². The average molecular weight is 340 g/mol. The van der Waals surface area contributed by atoms with Crippen molar-refractivity contribution in [1.82, 2.24) is 10.6 Å². The second-order valence-corrected chi connectivity index (χ2v) is 6.68. The fourth-order valence-corrected chi connectivity index (χ4v) is 2.33. The Kier molecular flexibility index (Phi) is 6.17. The summed E-state index contributed by atoms with van der Waals surface area (Å²) in [5.74, 6) is -0.288. The van der Waals surface area contributed by atoms with Crippen molar-refractivity contribution in [2.45, 2.75) is 32.4 Å².